The van der Waals surface area contributed by atoms with Crippen LogP contribution in [0.15, 0.2) is 24.3 Å². The molecule has 2 amide bonds. The van der Waals surface area contributed by atoms with Gasteiger partial charge in [0.2, 0.25) is 5.91 Å². The monoisotopic (exact) mass is 461 g/mol. The second-order valence-corrected chi connectivity index (χ2v) is 9.50. The summed E-state index contributed by atoms with van der Waals surface area (Å²) in [4.78, 5) is 39.0. The normalized spacial score (nSPS) is 21.1. The van der Waals surface area contributed by atoms with Gasteiger partial charge in [0.15, 0.2) is 5.11 Å². The Hall–Kier alpha value is -2.52. The quantitative estimate of drug-likeness (QED) is 0.511. The third-order valence-electron chi connectivity index (χ3n) is 5.64. The molecule has 2 aliphatic heterocycles. The Morgan fingerprint density at radius 2 is 2.00 bits per heavy atom. The van der Waals surface area contributed by atoms with Crippen LogP contribution in [0.1, 0.15) is 56.0 Å². The number of thiocarbonyl (C=S) groups is 1. The molecule has 0 spiro atoms. The van der Waals surface area contributed by atoms with Gasteiger partial charge in [-0.2, -0.15) is 0 Å². The van der Waals surface area contributed by atoms with Gasteiger partial charge in [0, 0.05) is 25.3 Å². The number of nitrogens with one attached hydrogen (secondary N) is 2. The first-order valence-corrected chi connectivity index (χ1v) is 11.3. The Balaban J connectivity index is 1.59. The van der Waals surface area contributed by atoms with Crippen molar-refractivity contribution < 1.29 is 23.9 Å². The summed E-state index contributed by atoms with van der Waals surface area (Å²) in [6.45, 7) is 7.92. The highest BCUT2D eigenvalue weighted by atomic mass is 32.1. The van der Waals surface area contributed by atoms with Crippen molar-refractivity contribution in [2.75, 3.05) is 26.3 Å². The molecule has 174 valence electrons. The maximum Gasteiger partial charge on any atom is 0.308 e. The molecule has 2 fully saturated rings. The summed E-state index contributed by atoms with van der Waals surface area (Å²) in [5.41, 5.74) is 1.57. The SMILES string of the molecule is CC(C)(C)c1ccc(C(=O)NC(=S)N2CCNC(=O)[C@H]2CC(=O)OC[C@H]2CCCO2)cc1. The molecule has 2 aliphatic rings. The average Bonchev–Trinajstić information content (AvgIpc) is 3.27. The topological polar surface area (TPSA) is 97.0 Å². The molecule has 32 heavy (non-hydrogen) atoms. The minimum Gasteiger partial charge on any atom is -0.463 e. The summed E-state index contributed by atoms with van der Waals surface area (Å²) in [5, 5.41) is 5.54. The van der Waals surface area contributed by atoms with E-state index in [2.05, 4.69) is 31.4 Å². The summed E-state index contributed by atoms with van der Waals surface area (Å²) >= 11 is 5.41. The van der Waals surface area contributed by atoms with Crippen LogP contribution >= 0.6 is 12.2 Å². The van der Waals surface area contributed by atoms with Crippen LogP contribution in [-0.4, -0.2) is 66.2 Å². The number of hydrogen-bond acceptors (Lipinski definition) is 6. The Morgan fingerprint density at radius 1 is 1.28 bits per heavy atom. The van der Waals surface area contributed by atoms with Crippen molar-refractivity contribution in [2.45, 2.75) is 57.6 Å². The van der Waals surface area contributed by atoms with Crippen molar-refractivity contribution in [3.8, 4) is 0 Å². The number of nitrogens with zero attached hydrogens (tertiary/aromatic N) is 1. The average molecular weight is 462 g/mol. The molecule has 0 aromatic heterocycles. The summed E-state index contributed by atoms with van der Waals surface area (Å²) in [6.07, 6.45) is 1.57. The molecular formula is C23H31N3O5S. The molecule has 0 radical (unpaired) electrons. The minimum absolute atomic E-state index is 0.0167. The molecule has 3 rings (SSSR count). The summed E-state index contributed by atoms with van der Waals surface area (Å²) in [7, 11) is 0. The van der Waals surface area contributed by atoms with E-state index in [1.165, 1.54) is 0 Å². The van der Waals surface area contributed by atoms with Gasteiger partial charge in [-0.15, -0.1) is 0 Å². The molecule has 1 aromatic rings. The minimum atomic E-state index is -0.836. The summed E-state index contributed by atoms with van der Waals surface area (Å²) in [5.74, 6) is -1.18. The Kier molecular flexibility index (Phi) is 7.84. The van der Waals surface area contributed by atoms with E-state index in [1.807, 2.05) is 12.1 Å². The third kappa shape index (κ3) is 6.26. The van der Waals surface area contributed by atoms with Crippen LogP contribution in [0, 0.1) is 0 Å². The number of benzene rings is 1. The third-order valence-corrected chi connectivity index (χ3v) is 5.98. The van der Waals surface area contributed by atoms with Crippen LogP contribution in [0.4, 0.5) is 0 Å². The number of esters is 1. The molecule has 0 bridgehead atoms. The number of ether oxygens (including phenoxy) is 2. The molecule has 9 heteroatoms. The van der Waals surface area contributed by atoms with Crippen LogP contribution in [-0.2, 0) is 24.5 Å². The van der Waals surface area contributed by atoms with Crippen molar-refractivity contribution in [3.05, 3.63) is 35.4 Å². The van der Waals surface area contributed by atoms with E-state index >= 15 is 0 Å². The van der Waals surface area contributed by atoms with E-state index in [0.29, 0.717) is 25.3 Å². The number of rotatable bonds is 5. The maximum absolute atomic E-state index is 12.7. The Labute approximate surface area is 194 Å². The van der Waals surface area contributed by atoms with Crippen LogP contribution < -0.4 is 10.6 Å². The van der Waals surface area contributed by atoms with E-state index in [0.717, 1.165) is 18.4 Å². The van der Waals surface area contributed by atoms with Gasteiger partial charge in [0.1, 0.15) is 12.6 Å². The Morgan fingerprint density at radius 3 is 2.62 bits per heavy atom. The first-order chi connectivity index (χ1) is 15.1. The zero-order valence-electron chi connectivity index (χ0n) is 18.8. The highest BCUT2D eigenvalue weighted by Gasteiger charge is 2.34. The molecule has 0 saturated carbocycles. The highest BCUT2D eigenvalue weighted by molar-refractivity contribution is 7.80. The van der Waals surface area contributed by atoms with Crippen molar-refractivity contribution in [1.29, 1.82) is 0 Å². The largest absolute Gasteiger partial charge is 0.463 e. The molecular weight excluding hydrogens is 430 g/mol. The first kappa shape index (κ1) is 24.1. The van der Waals surface area contributed by atoms with E-state index in [1.54, 1.807) is 17.0 Å². The van der Waals surface area contributed by atoms with E-state index < -0.39 is 12.0 Å². The lowest BCUT2D eigenvalue weighted by Gasteiger charge is -2.36. The number of hydrogen-bond donors (Lipinski definition) is 2. The van der Waals surface area contributed by atoms with Crippen molar-refractivity contribution in [3.63, 3.8) is 0 Å². The van der Waals surface area contributed by atoms with Crippen LogP contribution in [0.3, 0.4) is 0 Å². The van der Waals surface area contributed by atoms with Gasteiger partial charge in [-0.3, -0.25) is 19.7 Å². The lowest BCUT2D eigenvalue weighted by molar-refractivity contribution is -0.150. The van der Waals surface area contributed by atoms with Gasteiger partial charge >= 0.3 is 5.97 Å². The lowest BCUT2D eigenvalue weighted by atomic mass is 9.87. The van der Waals surface area contributed by atoms with Gasteiger partial charge in [0.25, 0.3) is 5.91 Å². The predicted octanol–water partition coefficient (Wildman–Crippen LogP) is 1.91. The van der Waals surface area contributed by atoms with Crippen LogP contribution in [0.2, 0.25) is 0 Å². The number of amides is 2. The van der Waals surface area contributed by atoms with Crippen molar-refractivity contribution in [1.82, 2.24) is 15.5 Å². The number of carbonyl (C=O) groups excluding carboxylic acids is 3. The predicted molar refractivity (Wildman–Crippen MR) is 123 cm³/mol. The first-order valence-electron chi connectivity index (χ1n) is 10.9. The van der Waals surface area contributed by atoms with Crippen molar-refractivity contribution >= 4 is 35.1 Å². The van der Waals surface area contributed by atoms with Crippen molar-refractivity contribution in [2.24, 2.45) is 0 Å². The molecule has 2 atom stereocenters. The maximum atomic E-state index is 12.7. The van der Waals surface area contributed by atoms with Gasteiger partial charge in [-0.1, -0.05) is 32.9 Å². The smallest absolute Gasteiger partial charge is 0.308 e. The highest BCUT2D eigenvalue weighted by Crippen LogP contribution is 2.22. The van der Waals surface area contributed by atoms with Gasteiger partial charge in [-0.05, 0) is 48.2 Å². The molecule has 2 saturated heterocycles. The standard InChI is InChI=1S/C23H31N3O5S/c1-23(2,3)16-8-6-15(7-9-16)20(28)25-22(32)26-11-10-24-21(29)18(26)13-19(27)31-14-17-5-4-12-30-17/h6-9,17-18H,4-5,10-14H2,1-3H3,(H,24,29)(H,25,28,32)/t17-,18-/m1/s1. The summed E-state index contributed by atoms with van der Waals surface area (Å²) < 4.78 is 10.7. The Bertz CT molecular complexity index is 859. The van der Waals surface area contributed by atoms with E-state index in [9.17, 15) is 14.4 Å². The second kappa shape index (κ2) is 10.4. The molecule has 2 heterocycles. The lowest BCUT2D eigenvalue weighted by Crippen LogP contribution is -2.60. The fourth-order valence-corrected chi connectivity index (χ4v) is 4.01. The molecule has 1 aromatic carbocycles. The van der Waals surface area contributed by atoms with Crippen LogP contribution in [0.5, 0.6) is 0 Å². The zero-order chi connectivity index (χ0) is 23.3. The van der Waals surface area contributed by atoms with Crippen LogP contribution in [0.25, 0.3) is 0 Å². The molecule has 0 aliphatic carbocycles. The molecule has 2 N–H and O–H groups in total. The zero-order valence-corrected chi connectivity index (χ0v) is 19.6. The number of carbonyl (C=O) groups is 3. The fourth-order valence-electron chi connectivity index (χ4n) is 3.70. The fraction of sp³-hybridized carbons (Fsp3) is 0.565. The number of piperazine rings is 1. The summed E-state index contributed by atoms with van der Waals surface area (Å²) in [6, 6.07) is 6.50. The second-order valence-electron chi connectivity index (χ2n) is 9.11. The van der Waals surface area contributed by atoms with Gasteiger partial charge < -0.3 is 19.7 Å². The van der Waals surface area contributed by atoms with Gasteiger partial charge in [-0.25, -0.2) is 0 Å². The van der Waals surface area contributed by atoms with E-state index in [4.69, 9.17) is 21.7 Å². The van der Waals surface area contributed by atoms with E-state index in [-0.39, 0.29) is 41.5 Å². The molecule has 0 unspecified atom stereocenters. The van der Waals surface area contributed by atoms with Gasteiger partial charge in [0.05, 0.1) is 12.5 Å². The molecule has 8 nitrogen and oxygen atoms in total.